The summed E-state index contributed by atoms with van der Waals surface area (Å²) in [6.07, 6.45) is 6.49. The molecule has 0 unspecified atom stereocenters. The van der Waals surface area contributed by atoms with E-state index in [-0.39, 0.29) is 11.5 Å². The summed E-state index contributed by atoms with van der Waals surface area (Å²) in [5, 5.41) is 12.3. The number of unbranched alkanes of at least 4 members (excludes halogenated alkanes) is 1. The van der Waals surface area contributed by atoms with Gasteiger partial charge in [-0.15, -0.1) is 0 Å². The van der Waals surface area contributed by atoms with Crippen molar-refractivity contribution in [2.75, 3.05) is 24.4 Å². The summed E-state index contributed by atoms with van der Waals surface area (Å²) in [7, 11) is 0. The van der Waals surface area contributed by atoms with Gasteiger partial charge in [0.1, 0.15) is 11.4 Å². The molecule has 0 saturated heterocycles. The third-order valence-electron chi connectivity index (χ3n) is 6.25. The van der Waals surface area contributed by atoms with E-state index in [1.54, 1.807) is 0 Å². The van der Waals surface area contributed by atoms with Crippen LogP contribution in [0.3, 0.4) is 0 Å². The van der Waals surface area contributed by atoms with Crippen LogP contribution in [0.4, 0.5) is 5.95 Å². The standard InChI is InChI=1S/C32H42N4O5S/c1-31(2,3)41-29(39)32(4,5)22-33-18-7-6-8-23-9-11-24(12-10-23)17-19-40-26-13-15-27(16-14-26)42-36-30-34-20-25(21-35-30)28(37)38/h9-16,20-21,33H,6-8,17-19,22H2,1-5H3,(H,37,38)(H,34,35,36). The summed E-state index contributed by atoms with van der Waals surface area (Å²) < 4.78 is 14.4. The van der Waals surface area contributed by atoms with Gasteiger partial charge in [-0.05, 0) is 108 Å². The lowest BCUT2D eigenvalue weighted by atomic mass is 9.93. The largest absolute Gasteiger partial charge is 0.493 e. The number of ether oxygens (including phenoxy) is 2. The molecule has 10 heteroatoms. The molecular formula is C32H42N4O5S. The van der Waals surface area contributed by atoms with Gasteiger partial charge in [0, 0.05) is 30.3 Å². The van der Waals surface area contributed by atoms with E-state index in [1.807, 2.05) is 58.9 Å². The number of hydrogen-bond acceptors (Lipinski definition) is 9. The first-order valence-corrected chi connectivity index (χ1v) is 15.0. The molecule has 0 aliphatic rings. The Morgan fingerprint density at radius 3 is 2.10 bits per heavy atom. The summed E-state index contributed by atoms with van der Waals surface area (Å²) in [4.78, 5) is 32.2. The summed E-state index contributed by atoms with van der Waals surface area (Å²) in [5.74, 6) is -0.100. The fourth-order valence-electron chi connectivity index (χ4n) is 3.83. The van der Waals surface area contributed by atoms with E-state index in [1.165, 1.54) is 35.5 Å². The molecule has 0 spiro atoms. The van der Waals surface area contributed by atoms with Crippen LogP contribution < -0.4 is 14.8 Å². The average molecular weight is 595 g/mol. The van der Waals surface area contributed by atoms with Gasteiger partial charge < -0.3 is 19.9 Å². The Labute approximate surface area is 253 Å². The number of benzene rings is 2. The van der Waals surface area contributed by atoms with Gasteiger partial charge in [-0.3, -0.25) is 9.52 Å². The number of carboxylic acids is 1. The minimum atomic E-state index is -1.06. The molecule has 0 amide bonds. The minimum absolute atomic E-state index is 0.0432. The van der Waals surface area contributed by atoms with Crippen LogP contribution in [0.25, 0.3) is 0 Å². The molecule has 3 aromatic rings. The van der Waals surface area contributed by atoms with Gasteiger partial charge in [0.2, 0.25) is 5.95 Å². The minimum Gasteiger partial charge on any atom is -0.493 e. The van der Waals surface area contributed by atoms with Crippen molar-refractivity contribution in [3.63, 3.8) is 0 Å². The lowest BCUT2D eigenvalue weighted by Crippen LogP contribution is -2.40. The van der Waals surface area contributed by atoms with Gasteiger partial charge in [0.25, 0.3) is 0 Å². The molecule has 3 N–H and O–H groups in total. The number of aromatic carboxylic acids is 1. The quantitative estimate of drug-likeness (QED) is 0.100. The molecule has 42 heavy (non-hydrogen) atoms. The van der Waals surface area contributed by atoms with Crippen LogP contribution in [0, 0.1) is 5.41 Å². The Morgan fingerprint density at radius 1 is 0.881 bits per heavy atom. The van der Waals surface area contributed by atoms with E-state index in [0.29, 0.717) is 19.1 Å². The lowest BCUT2D eigenvalue weighted by Gasteiger charge is -2.28. The van der Waals surface area contributed by atoms with Crippen LogP contribution >= 0.6 is 11.9 Å². The number of aromatic nitrogens is 2. The fourth-order valence-corrected chi connectivity index (χ4v) is 4.41. The van der Waals surface area contributed by atoms with Crippen molar-refractivity contribution in [3.05, 3.63) is 77.6 Å². The first-order valence-electron chi connectivity index (χ1n) is 14.1. The van der Waals surface area contributed by atoms with Crippen molar-refractivity contribution < 1.29 is 24.2 Å². The molecule has 0 aliphatic carbocycles. The Kier molecular flexibility index (Phi) is 12.2. The highest BCUT2D eigenvalue weighted by atomic mass is 32.2. The first kappa shape index (κ1) is 32.9. The van der Waals surface area contributed by atoms with E-state index in [4.69, 9.17) is 14.6 Å². The lowest BCUT2D eigenvalue weighted by molar-refractivity contribution is -0.165. The Morgan fingerprint density at radius 2 is 1.50 bits per heavy atom. The molecule has 1 aromatic heterocycles. The number of nitrogens with zero attached hydrogens (tertiary/aromatic N) is 2. The van der Waals surface area contributed by atoms with Crippen LogP contribution in [-0.4, -0.2) is 52.3 Å². The molecule has 0 saturated carbocycles. The molecule has 0 atom stereocenters. The van der Waals surface area contributed by atoms with Gasteiger partial charge in [-0.25, -0.2) is 14.8 Å². The van der Waals surface area contributed by atoms with Crippen LogP contribution in [0.1, 0.15) is 68.9 Å². The summed E-state index contributed by atoms with van der Waals surface area (Å²) in [6, 6.07) is 16.4. The number of esters is 1. The number of carbonyl (C=O) groups is 2. The van der Waals surface area contributed by atoms with Gasteiger partial charge in [0.05, 0.1) is 17.6 Å². The molecule has 3 rings (SSSR count). The average Bonchev–Trinajstić information content (AvgIpc) is 2.94. The highest BCUT2D eigenvalue weighted by Gasteiger charge is 2.32. The molecule has 226 valence electrons. The van der Waals surface area contributed by atoms with Crippen molar-refractivity contribution in [2.45, 2.75) is 70.8 Å². The number of rotatable bonds is 16. The van der Waals surface area contributed by atoms with E-state index < -0.39 is 17.0 Å². The predicted octanol–water partition coefficient (Wildman–Crippen LogP) is 6.20. The molecule has 0 fully saturated rings. The maximum Gasteiger partial charge on any atom is 0.338 e. The smallest absolute Gasteiger partial charge is 0.338 e. The second kappa shape index (κ2) is 15.6. The van der Waals surface area contributed by atoms with Gasteiger partial charge in [-0.2, -0.15) is 0 Å². The highest BCUT2D eigenvalue weighted by Crippen LogP contribution is 2.23. The van der Waals surface area contributed by atoms with Crippen molar-refractivity contribution in [2.24, 2.45) is 5.41 Å². The molecule has 0 radical (unpaired) electrons. The molecule has 1 heterocycles. The van der Waals surface area contributed by atoms with Crippen LogP contribution in [0.2, 0.25) is 0 Å². The maximum absolute atomic E-state index is 12.4. The van der Waals surface area contributed by atoms with E-state index in [0.717, 1.165) is 42.9 Å². The first-order chi connectivity index (χ1) is 19.9. The topological polar surface area (TPSA) is 123 Å². The number of nitrogens with one attached hydrogen (secondary N) is 2. The van der Waals surface area contributed by atoms with E-state index >= 15 is 0 Å². The van der Waals surface area contributed by atoms with Crippen molar-refractivity contribution in [3.8, 4) is 5.75 Å². The van der Waals surface area contributed by atoms with E-state index in [9.17, 15) is 9.59 Å². The molecule has 2 aromatic carbocycles. The number of carbonyl (C=O) groups excluding carboxylic acids is 1. The Balaban J connectivity index is 1.29. The van der Waals surface area contributed by atoms with Crippen molar-refractivity contribution in [1.82, 2.24) is 15.3 Å². The maximum atomic E-state index is 12.4. The van der Waals surface area contributed by atoms with Crippen molar-refractivity contribution >= 4 is 29.8 Å². The highest BCUT2D eigenvalue weighted by molar-refractivity contribution is 8.00. The third kappa shape index (κ3) is 11.7. The van der Waals surface area contributed by atoms with Crippen molar-refractivity contribution in [1.29, 1.82) is 0 Å². The Hall–Kier alpha value is -3.63. The van der Waals surface area contributed by atoms with Gasteiger partial charge >= 0.3 is 11.9 Å². The second-order valence-electron chi connectivity index (χ2n) is 11.7. The summed E-state index contributed by atoms with van der Waals surface area (Å²) in [5.41, 5.74) is 1.57. The molecule has 0 aliphatic heterocycles. The number of aryl methyl sites for hydroxylation is 1. The molecule has 9 nitrogen and oxygen atoms in total. The predicted molar refractivity (Wildman–Crippen MR) is 166 cm³/mol. The zero-order chi connectivity index (χ0) is 30.6. The third-order valence-corrected chi connectivity index (χ3v) is 7.05. The SMILES string of the molecule is CC(C)(C)OC(=O)C(C)(C)CNCCCCc1ccc(CCOc2ccc(SNc3ncc(C(=O)O)cn3)cc2)cc1. The fraction of sp³-hybridized carbons (Fsp3) is 0.438. The van der Waals surface area contributed by atoms with Crippen LogP contribution in [0.15, 0.2) is 65.8 Å². The van der Waals surface area contributed by atoms with Gasteiger partial charge in [0.15, 0.2) is 0 Å². The summed E-state index contributed by atoms with van der Waals surface area (Å²) in [6.45, 7) is 11.6. The normalized spacial score (nSPS) is 11.6. The second-order valence-corrected chi connectivity index (χ2v) is 12.6. The number of carboxylic acid groups (broad SMARTS) is 1. The van der Waals surface area contributed by atoms with E-state index in [2.05, 4.69) is 44.3 Å². The molecule has 0 bridgehead atoms. The van der Waals surface area contributed by atoms with Crippen LogP contribution in [-0.2, 0) is 22.4 Å². The molecular weight excluding hydrogens is 552 g/mol. The number of hydrogen-bond donors (Lipinski definition) is 3. The number of anilines is 1. The van der Waals surface area contributed by atoms with Crippen LogP contribution in [0.5, 0.6) is 5.75 Å². The Bertz CT molecular complexity index is 1270. The van der Waals surface area contributed by atoms with Gasteiger partial charge in [-0.1, -0.05) is 24.3 Å². The summed E-state index contributed by atoms with van der Waals surface area (Å²) >= 11 is 1.33. The zero-order valence-electron chi connectivity index (χ0n) is 25.1. The monoisotopic (exact) mass is 594 g/mol. The zero-order valence-corrected chi connectivity index (χ0v) is 25.9.